The molecule has 3 aromatic carbocycles. The summed E-state index contributed by atoms with van der Waals surface area (Å²) in [7, 11) is 0. The maximum atomic E-state index is 11.3. The predicted octanol–water partition coefficient (Wildman–Crippen LogP) is 4.45. The fourth-order valence-electron chi connectivity index (χ4n) is 5.24. The number of nitrogens with one attached hydrogen (secondary N) is 1. The Kier molecular flexibility index (Phi) is 6.30. The predicted molar refractivity (Wildman–Crippen MR) is 135 cm³/mol. The minimum Gasteiger partial charge on any atom is -0.488 e. The highest BCUT2D eigenvalue weighted by Gasteiger charge is 2.63. The van der Waals surface area contributed by atoms with E-state index < -0.39 is 18.0 Å². The van der Waals surface area contributed by atoms with E-state index in [1.807, 2.05) is 31.2 Å². The van der Waals surface area contributed by atoms with Crippen molar-refractivity contribution in [3.05, 3.63) is 77.4 Å². The molecule has 6 nitrogen and oxygen atoms in total. The van der Waals surface area contributed by atoms with Gasteiger partial charge in [-0.2, -0.15) is 0 Å². The number of ether oxygens (including phenoxy) is 2. The van der Waals surface area contributed by atoms with E-state index in [1.54, 1.807) is 0 Å². The van der Waals surface area contributed by atoms with Crippen LogP contribution in [0.2, 0.25) is 0 Å². The molecule has 2 aliphatic rings. The number of carbonyl (C=O) groups is 1. The zero-order valence-electron chi connectivity index (χ0n) is 20.4. The lowest BCUT2D eigenvalue weighted by atomic mass is 9.93. The Bertz CT molecular complexity index is 1240. The van der Waals surface area contributed by atoms with Crippen LogP contribution in [-0.4, -0.2) is 47.1 Å². The molecule has 0 spiro atoms. The summed E-state index contributed by atoms with van der Waals surface area (Å²) in [6.07, 6.45) is -0.355. The first-order chi connectivity index (χ1) is 16.7. The number of β-amino-alcohol motifs (C(OH)–C–C–N with tert-alkyl or cyclic N) is 1. The number of benzene rings is 3. The minimum atomic E-state index is -0.806. The summed E-state index contributed by atoms with van der Waals surface area (Å²) in [5.74, 6) is -0.565. The lowest BCUT2D eigenvalue weighted by molar-refractivity contribution is -0.139. The van der Waals surface area contributed by atoms with E-state index in [2.05, 4.69) is 55.6 Å². The van der Waals surface area contributed by atoms with E-state index in [1.165, 1.54) is 16.3 Å². The lowest BCUT2D eigenvalue weighted by Gasteiger charge is -2.28. The standard InChI is InChI=1S/C29H33NO5/c1-17(22-9-6-10-23-24-25(28(32)33)27(24)35-26(22)23)34-16-21(31)15-30-29(2,3)14-18-11-12-19-7-4-5-8-20(19)13-18/h4-13,17,21,24-25,27,30-31H,14-16H2,1-3H3,(H,32,33)/t17?,21-,24?,25?,27?/m1/s1. The molecule has 6 heteroatoms. The number of hydrogen-bond acceptors (Lipinski definition) is 5. The molecule has 5 atom stereocenters. The van der Waals surface area contributed by atoms with E-state index in [-0.39, 0.29) is 30.3 Å². The van der Waals surface area contributed by atoms with Crippen LogP contribution in [0.3, 0.4) is 0 Å². The number of aliphatic hydroxyl groups is 1. The normalized spacial score (nSPS) is 22.2. The topological polar surface area (TPSA) is 88.0 Å². The SMILES string of the molecule is CC(OC[C@H](O)CNC(C)(C)Cc1ccc2ccccc2c1)c1cccc2c1OC1C(C(=O)O)C21. The van der Waals surface area contributed by atoms with E-state index in [0.717, 1.165) is 23.3 Å². The molecule has 3 N–H and O–H groups in total. The molecule has 35 heavy (non-hydrogen) atoms. The number of carboxylic acid groups (broad SMARTS) is 1. The van der Waals surface area contributed by atoms with Crippen LogP contribution < -0.4 is 10.1 Å². The quantitative estimate of drug-likeness (QED) is 0.402. The van der Waals surface area contributed by atoms with Gasteiger partial charge in [-0.3, -0.25) is 4.79 Å². The molecule has 0 saturated heterocycles. The van der Waals surface area contributed by atoms with Gasteiger partial charge in [0.15, 0.2) is 0 Å². The first-order valence-electron chi connectivity index (χ1n) is 12.3. The van der Waals surface area contributed by atoms with Crippen molar-refractivity contribution in [2.24, 2.45) is 5.92 Å². The van der Waals surface area contributed by atoms with Gasteiger partial charge in [0, 0.05) is 29.1 Å². The number of fused-ring (bicyclic) bond motifs is 4. The average molecular weight is 476 g/mol. The van der Waals surface area contributed by atoms with Gasteiger partial charge < -0.3 is 25.0 Å². The highest BCUT2D eigenvalue weighted by molar-refractivity contribution is 5.83. The van der Waals surface area contributed by atoms with Crippen molar-refractivity contribution in [1.82, 2.24) is 5.32 Å². The van der Waals surface area contributed by atoms with Crippen molar-refractivity contribution in [2.75, 3.05) is 13.2 Å². The summed E-state index contributed by atoms with van der Waals surface area (Å²) in [6, 6.07) is 20.7. The van der Waals surface area contributed by atoms with Crippen LogP contribution in [0.1, 0.15) is 49.5 Å². The Morgan fingerprint density at radius 3 is 2.66 bits per heavy atom. The largest absolute Gasteiger partial charge is 0.488 e. The van der Waals surface area contributed by atoms with Crippen molar-refractivity contribution >= 4 is 16.7 Å². The molecule has 1 heterocycles. The van der Waals surface area contributed by atoms with Gasteiger partial charge in [-0.25, -0.2) is 0 Å². The van der Waals surface area contributed by atoms with Gasteiger partial charge in [-0.15, -0.1) is 0 Å². The molecule has 4 unspecified atom stereocenters. The summed E-state index contributed by atoms with van der Waals surface area (Å²) in [5, 5.41) is 25.8. The highest BCUT2D eigenvalue weighted by atomic mass is 16.5. The summed E-state index contributed by atoms with van der Waals surface area (Å²) in [4.78, 5) is 11.3. The van der Waals surface area contributed by atoms with Crippen LogP contribution >= 0.6 is 0 Å². The Hall–Kier alpha value is -2.93. The zero-order valence-corrected chi connectivity index (χ0v) is 20.4. The number of para-hydroxylation sites is 1. The molecule has 0 aromatic heterocycles. The minimum absolute atomic E-state index is 0.0609. The van der Waals surface area contributed by atoms with Crippen molar-refractivity contribution in [3.8, 4) is 5.75 Å². The zero-order chi connectivity index (χ0) is 24.7. The monoisotopic (exact) mass is 475 g/mol. The number of carboxylic acids is 1. The first-order valence-corrected chi connectivity index (χ1v) is 12.3. The van der Waals surface area contributed by atoms with E-state index in [4.69, 9.17) is 9.47 Å². The second kappa shape index (κ2) is 9.26. The summed E-state index contributed by atoms with van der Waals surface area (Å²) >= 11 is 0. The number of aliphatic carboxylic acids is 1. The van der Waals surface area contributed by atoms with Gasteiger partial charge in [0.25, 0.3) is 0 Å². The van der Waals surface area contributed by atoms with Gasteiger partial charge in [0.2, 0.25) is 0 Å². The maximum Gasteiger partial charge on any atom is 0.311 e. The van der Waals surface area contributed by atoms with Gasteiger partial charge in [0.05, 0.1) is 18.8 Å². The van der Waals surface area contributed by atoms with Crippen LogP contribution in [0.5, 0.6) is 5.75 Å². The first kappa shape index (κ1) is 23.8. The van der Waals surface area contributed by atoms with Crippen LogP contribution in [0.15, 0.2) is 60.7 Å². The van der Waals surface area contributed by atoms with Crippen LogP contribution in [0.4, 0.5) is 0 Å². The second-order valence-corrected chi connectivity index (χ2v) is 10.5. The molecule has 0 bridgehead atoms. The Morgan fingerprint density at radius 1 is 1.11 bits per heavy atom. The van der Waals surface area contributed by atoms with E-state index >= 15 is 0 Å². The molecule has 1 saturated carbocycles. The average Bonchev–Trinajstić information content (AvgIpc) is 3.43. The molecular formula is C29H33NO5. The summed E-state index contributed by atoms with van der Waals surface area (Å²) in [6.45, 7) is 6.81. The molecule has 3 aromatic rings. The number of hydrogen-bond donors (Lipinski definition) is 3. The summed E-state index contributed by atoms with van der Waals surface area (Å²) < 4.78 is 11.9. The van der Waals surface area contributed by atoms with Crippen LogP contribution in [0, 0.1) is 5.92 Å². The van der Waals surface area contributed by atoms with Gasteiger partial charge >= 0.3 is 5.97 Å². The Balaban J connectivity index is 1.12. The van der Waals surface area contributed by atoms with Gasteiger partial charge in [-0.05, 0) is 43.5 Å². The van der Waals surface area contributed by atoms with Crippen molar-refractivity contribution in [2.45, 2.75) is 57.0 Å². The molecular weight excluding hydrogens is 442 g/mol. The molecule has 1 aliphatic heterocycles. The second-order valence-electron chi connectivity index (χ2n) is 10.5. The van der Waals surface area contributed by atoms with Gasteiger partial charge in [0.1, 0.15) is 17.8 Å². The third-order valence-electron chi connectivity index (χ3n) is 7.18. The highest BCUT2D eigenvalue weighted by Crippen LogP contribution is 2.59. The Morgan fingerprint density at radius 2 is 1.89 bits per heavy atom. The molecule has 184 valence electrons. The fourth-order valence-corrected chi connectivity index (χ4v) is 5.24. The number of rotatable bonds is 10. The third-order valence-corrected chi connectivity index (χ3v) is 7.18. The molecule has 0 radical (unpaired) electrons. The lowest BCUT2D eigenvalue weighted by Crippen LogP contribution is -2.46. The van der Waals surface area contributed by atoms with Crippen molar-refractivity contribution < 1.29 is 24.5 Å². The fraction of sp³-hybridized carbons (Fsp3) is 0.414. The smallest absolute Gasteiger partial charge is 0.311 e. The van der Waals surface area contributed by atoms with Crippen molar-refractivity contribution in [3.63, 3.8) is 0 Å². The van der Waals surface area contributed by atoms with E-state index in [0.29, 0.717) is 6.54 Å². The molecule has 1 aliphatic carbocycles. The molecule has 5 rings (SSSR count). The maximum absolute atomic E-state index is 11.3. The molecule has 0 amide bonds. The van der Waals surface area contributed by atoms with Gasteiger partial charge in [-0.1, -0.05) is 60.7 Å². The van der Waals surface area contributed by atoms with E-state index in [9.17, 15) is 15.0 Å². The van der Waals surface area contributed by atoms with Crippen LogP contribution in [-0.2, 0) is 16.0 Å². The van der Waals surface area contributed by atoms with Crippen LogP contribution in [0.25, 0.3) is 10.8 Å². The number of aliphatic hydroxyl groups excluding tert-OH is 1. The molecule has 1 fully saturated rings. The van der Waals surface area contributed by atoms with Crippen molar-refractivity contribution in [1.29, 1.82) is 0 Å². The Labute approximate surface area is 205 Å². The third kappa shape index (κ3) is 4.92. The summed E-state index contributed by atoms with van der Waals surface area (Å²) in [5.41, 5.74) is 2.91.